The van der Waals surface area contributed by atoms with E-state index in [0.29, 0.717) is 10.8 Å². The van der Waals surface area contributed by atoms with Crippen LogP contribution in [0, 0.1) is 20.8 Å². The molecule has 0 bridgehead atoms. The van der Waals surface area contributed by atoms with Crippen molar-refractivity contribution in [2.75, 3.05) is 0 Å². The minimum Gasteiger partial charge on any atom is -0.478 e. The normalized spacial score (nSPS) is 10.7. The molecule has 1 N–H and O–H groups in total. The van der Waals surface area contributed by atoms with Crippen LogP contribution >= 0.6 is 11.8 Å². The number of carboxylic acid groups (broad SMARTS) is 1. The highest BCUT2D eigenvalue weighted by atomic mass is 32.2. The molecule has 6 heteroatoms. The number of carboxylic acids is 1. The summed E-state index contributed by atoms with van der Waals surface area (Å²) in [5.41, 5.74) is 2.60. The number of nitrogens with zero attached hydrogens (tertiary/aromatic N) is 2. The highest BCUT2D eigenvalue weighted by Gasteiger charge is 2.17. The minimum absolute atomic E-state index is 0.261. The van der Waals surface area contributed by atoms with Crippen molar-refractivity contribution in [1.82, 2.24) is 9.97 Å². The van der Waals surface area contributed by atoms with Gasteiger partial charge < -0.3 is 9.52 Å². The van der Waals surface area contributed by atoms with Gasteiger partial charge in [-0.2, -0.15) is 0 Å². The lowest BCUT2D eigenvalue weighted by Gasteiger charge is -2.08. The second-order valence-electron chi connectivity index (χ2n) is 4.21. The molecular formula is C13H14N2O3S. The molecule has 100 valence electrons. The molecule has 5 nitrogen and oxygen atoms in total. The lowest BCUT2D eigenvalue weighted by atomic mass is 10.1. The van der Waals surface area contributed by atoms with E-state index in [0.717, 1.165) is 22.7 Å². The summed E-state index contributed by atoms with van der Waals surface area (Å²) in [6.07, 6.45) is 1.39. The van der Waals surface area contributed by atoms with Crippen molar-refractivity contribution in [1.29, 1.82) is 0 Å². The van der Waals surface area contributed by atoms with Gasteiger partial charge >= 0.3 is 5.97 Å². The quantitative estimate of drug-likeness (QED) is 0.866. The average Bonchev–Trinajstić information content (AvgIpc) is 2.70. The number of hydrogen-bond donors (Lipinski definition) is 1. The van der Waals surface area contributed by atoms with Crippen molar-refractivity contribution < 1.29 is 14.3 Å². The Kier molecular flexibility index (Phi) is 3.90. The maximum atomic E-state index is 11.3. The molecule has 2 aromatic heterocycles. The summed E-state index contributed by atoms with van der Waals surface area (Å²) in [7, 11) is 0. The molecule has 0 radical (unpaired) electrons. The van der Waals surface area contributed by atoms with Crippen molar-refractivity contribution in [3.8, 4) is 0 Å². The van der Waals surface area contributed by atoms with Gasteiger partial charge in [-0.3, -0.25) is 0 Å². The first-order valence-corrected chi connectivity index (χ1v) is 6.71. The number of oxazole rings is 1. The standard InChI is InChI=1S/C13H14N2O3S/c1-7-4-8(2)15-12(11(7)13(16)17)19-5-10-9(3)18-6-14-10/h4,6H,5H2,1-3H3,(H,16,17). The Morgan fingerprint density at radius 3 is 2.74 bits per heavy atom. The van der Waals surface area contributed by atoms with Crippen LogP contribution in [-0.2, 0) is 5.75 Å². The number of aromatic carboxylic acids is 1. The van der Waals surface area contributed by atoms with Gasteiger partial charge in [0, 0.05) is 11.4 Å². The number of pyridine rings is 1. The summed E-state index contributed by atoms with van der Waals surface area (Å²) in [5.74, 6) is 0.330. The SMILES string of the molecule is Cc1cc(C)c(C(=O)O)c(SCc2ncoc2C)n1. The van der Waals surface area contributed by atoms with E-state index in [1.165, 1.54) is 18.2 Å². The van der Waals surface area contributed by atoms with Crippen LogP contribution in [0.4, 0.5) is 0 Å². The molecule has 0 aliphatic heterocycles. The first kappa shape index (κ1) is 13.6. The van der Waals surface area contributed by atoms with E-state index in [9.17, 15) is 9.90 Å². The highest BCUT2D eigenvalue weighted by molar-refractivity contribution is 7.98. The monoisotopic (exact) mass is 278 g/mol. The Morgan fingerprint density at radius 2 is 2.16 bits per heavy atom. The maximum absolute atomic E-state index is 11.3. The molecule has 0 aromatic carbocycles. The molecular weight excluding hydrogens is 264 g/mol. The summed E-state index contributed by atoms with van der Waals surface area (Å²) in [6, 6.07) is 1.77. The third-order valence-corrected chi connectivity index (χ3v) is 3.70. The van der Waals surface area contributed by atoms with E-state index in [1.807, 2.05) is 13.8 Å². The number of aryl methyl sites for hydroxylation is 3. The molecule has 0 spiro atoms. The average molecular weight is 278 g/mol. The number of thioether (sulfide) groups is 1. The smallest absolute Gasteiger partial charge is 0.338 e. The summed E-state index contributed by atoms with van der Waals surface area (Å²) < 4.78 is 5.12. The fourth-order valence-electron chi connectivity index (χ4n) is 1.77. The zero-order chi connectivity index (χ0) is 14.0. The molecule has 0 fully saturated rings. The van der Waals surface area contributed by atoms with Crippen LogP contribution in [0.5, 0.6) is 0 Å². The second kappa shape index (κ2) is 5.44. The fraction of sp³-hybridized carbons (Fsp3) is 0.308. The van der Waals surface area contributed by atoms with Gasteiger partial charge in [-0.25, -0.2) is 14.8 Å². The van der Waals surface area contributed by atoms with Gasteiger partial charge in [0.05, 0.1) is 11.3 Å². The number of hydrogen-bond acceptors (Lipinski definition) is 5. The van der Waals surface area contributed by atoms with Gasteiger partial charge in [0.25, 0.3) is 0 Å². The first-order valence-electron chi connectivity index (χ1n) is 5.72. The third kappa shape index (κ3) is 2.96. The zero-order valence-electron chi connectivity index (χ0n) is 10.9. The molecule has 0 atom stereocenters. The van der Waals surface area contributed by atoms with Crippen LogP contribution < -0.4 is 0 Å². The van der Waals surface area contributed by atoms with Gasteiger partial charge in [0.15, 0.2) is 6.39 Å². The van der Waals surface area contributed by atoms with Crippen molar-refractivity contribution in [3.63, 3.8) is 0 Å². The summed E-state index contributed by atoms with van der Waals surface area (Å²) in [6.45, 7) is 5.46. The Hall–Kier alpha value is -1.82. The van der Waals surface area contributed by atoms with Crippen LogP contribution in [0.15, 0.2) is 21.9 Å². The van der Waals surface area contributed by atoms with E-state index in [-0.39, 0.29) is 5.56 Å². The predicted molar refractivity (Wildman–Crippen MR) is 71.5 cm³/mol. The molecule has 2 rings (SSSR count). The summed E-state index contributed by atoms with van der Waals surface area (Å²) >= 11 is 1.36. The topological polar surface area (TPSA) is 76.2 Å². The minimum atomic E-state index is -0.954. The summed E-state index contributed by atoms with van der Waals surface area (Å²) in [5, 5.41) is 9.78. The van der Waals surface area contributed by atoms with Gasteiger partial charge in [-0.1, -0.05) is 11.8 Å². The molecule has 0 amide bonds. The lowest BCUT2D eigenvalue weighted by Crippen LogP contribution is -2.05. The molecule has 0 saturated heterocycles. The maximum Gasteiger partial charge on any atom is 0.338 e. The van der Waals surface area contributed by atoms with E-state index < -0.39 is 5.97 Å². The Bertz CT molecular complexity index is 622. The third-order valence-electron chi connectivity index (χ3n) is 2.72. The van der Waals surface area contributed by atoms with E-state index >= 15 is 0 Å². The number of carbonyl (C=O) groups is 1. The van der Waals surface area contributed by atoms with E-state index in [1.54, 1.807) is 13.0 Å². The van der Waals surface area contributed by atoms with Crippen LogP contribution in [0.25, 0.3) is 0 Å². The number of rotatable bonds is 4. The Morgan fingerprint density at radius 1 is 1.42 bits per heavy atom. The van der Waals surface area contributed by atoms with Crippen LogP contribution in [0.1, 0.15) is 33.1 Å². The van der Waals surface area contributed by atoms with Crippen molar-refractivity contribution in [2.45, 2.75) is 31.6 Å². The van der Waals surface area contributed by atoms with Crippen LogP contribution in [0.3, 0.4) is 0 Å². The van der Waals surface area contributed by atoms with Gasteiger partial charge in [-0.15, -0.1) is 0 Å². The highest BCUT2D eigenvalue weighted by Crippen LogP contribution is 2.27. The van der Waals surface area contributed by atoms with Crippen molar-refractivity contribution in [3.05, 3.63) is 40.7 Å². The van der Waals surface area contributed by atoms with Crippen LogP contribution in [-0.4, -0.2) is 21.0 Å². The fourth-order valence-corrected chi connectivity index (χ4v) is 2.92. The Balaban J connectivity index is 2.29. The Labute approximate surface area is 115 Å². The van der Waals surface area contributed by atoms with Gasteiger partial charge in [0.2, 0.25) is 0 Å². The number of aromatic nitrogens is 2. The zero-order valence-corrected chi connectivity index (χ0v) is 11.7. The second-order valence-corrected chi connectivity index (χ2v) is 5.17. The lowest BCUT2D eigenvalue weighted by molar-refractivity contribution is 0.0691. The molecule has 2 aromatic rings. The predicted octanol–water partition coefficient (Wildman–Crippen LogP) is 2.99. The van der Waals surface area contributed by atoms with Gasteiger partial charge in [-0.05, 0) is 32.4 Å². The van der Waals surface area contributed by atoms with E-state index in [4.69, 9.17) is 4.42 Å². The molecule has 19 heavy (non-hydrogen) atoms. The molecule has 2 heterocycles. The van der Waals surface area contributed by atoms with Gasteiger partial charge in [0.1, 0.15) is 10.8 Å². The summed E-state index contributed by atoms with van der Waals surface area (Å²) in [4.78, 5) is 19.7. The molecule has 0 aliphatic carbocycles. The van der Waals surface area contributed by atoms with Crippen LogP contribution in [0.2, 0.25) is 0 Å². The van der Waals surface area contributed by atoms with E-state index in [2.05, 4.69) is 9.97 Å². The molecule has 0 saturated carbocycles. The largest absolute Gasteiger partial charge is 0.478 e. The molecule has 0 aliphatic rings. The first-order chi connectivity index (χ1) is 8.99. The molecule has 0 unspecified atom stereocenters. The van der Waals surface area contributed by atoms with Crippen molar-refractivity contribution in [2.24, 2.45) is 0 Å². The van der Waals surface area contributed by atoms with Crippen molar-refractivity contribution >= 4 is 17.7 Å².